The number of rotatable bonds is 2. The molecule has 3 heteroatoms. The van der Waals surface area contributed by atoms with Crippen molar-refractivity contribution in [3.05, 3.63) is 22.7 Å². The lowest BCUT2D eigenvalue weighted by Crippen LogP contribution is -1.97. The lowest BCUT2D eigenvalue weighted by atomic mass is 10.3. The molecule has 1 aromatic heterocycles. The van der Waals surface area contributed by atoms with Crippen molar-refractivity contribution < 1.29 is 0 Å². The normalized spacial score (nSPS) is 16.5. The molecule has 2 nitrogen and oxygen atoms in total. The van der Waals surface area contributed by atoms with Crippen LogP contribution in [0.3, 0.4) is 0 Å². The van der Waals surface area contributed by atoms with Crippen molar-refractivity contribution >= 4 is 11.6 Å². The van der Waals surface area contributed by atoms with Crippen LogP contribution in [0.25, 0.3) is 0 Å². The molecule has 1 saturated carbocycles. The van der Waals surface area contributed by atoms with Gasteiger partial charge in [-0.15, -0.1) is 0 Å². The average molecular weight is 183 g/mol. The number of nitrogens with zero attached hydrogens (tertiary/aromatic N) is 2. The summed E-state index contributed by atoms with van der Waals surface area (Å²) in [5.74, 6) is 1.54. The zero-order chi connectivity index (χ0) is 8.55. The van der Waals surface area contributed by atoms with E-state index in [2.05, 4.69) is 16.9 Å². The van der Waals surface area contributed by atoms with Crippen LogP contribution in [-0.4, -0.2) is 9.97 Å². The quantitative estimate of drug-likeness (QED) is 0.657. The smallest absolute Gasteiger partial charge is 0.133 e. The molecular formula is C9H11ClN2. The molecule has 1 aromatic rings. The Morgan fingerprint density at radius 1 is 1.50 bits per heavy atom. The van der Waals surface area contributed by atoms with Gasteiger partial charge in [0.1, 0.15) is 11.0 Å². The molecule has 0 saturated heterocycles. The summed E-state index contributed by atoms with van der Waals surface area (Å²) >= 11 is 5.85. The first-order chi connectivity index (χ1) is 5.79. The number of hydrogen-bond donors (Lipinski definition) is 0. The summed E-state index contributed by atoms with van der Waals surface area (Å²) in [6.07, 6.45) is 3.38. The third kappa shape index (κ3) is 1.58. The molecule has 1 heterocycles. The Hall–Kier alpha value is -0.630. The molecule has 0 unspecified atom stereocenters. The van der Waals surface area contributed by atoms with Crippen LogP contribution < -0.4 is 0 Å². The monoisotopic (exact) mass is 182 g/mol. The second-order valence-electron chi connectivity index (χ2n) is 3.17. The van der Waals surface area contributed by atoms with E-state index in [1.54, 1.807) is 0 Å². The lowest BCUT2D eigenvalue weighted by molar-refractivity contribution is 0.878. The molecule has 0 radical (unpaired) electrons. The maximum absolute atomic E-state index is 5.85. The van der Waals surface area contributed by atoms with Gasteiger partial charge in [0.2, 0.25) is 0 Å². The van der Waals surface area contributed by atoms with E-state index in [1.807, 2.05) is 6.07 Å². The highest BCUT2D eigenvalue weighted by molar-refractivity contribution is 6.29. The third-order valence-corrected chi connectivity index (χ3v) is 2.26. The minimum Gasteiger partial charge on any atom is -0.238 e. The number of halogens is 1. The highest BCUT2D eigenvalue weighted by atomic mass is 35.5. The topological polar surface area (TPSA) is 25.8 Å². The molecule has 1 aliphatic carbocycles. The number of aryl methyl sites for hydroxylation is 1. The Bertz CT molecular complexity index is 295. The molecule has 0 spiro atoms. The van der Waals surface area contributed by atoms with Crippen molar-refractivity contribution in [2.75, 3.05) is 0 Å². The first-order valence-corrected chi connectivity index (χ1v) is 4.70. The molecule has 12 heavy (non-hydrogen) atoms. The minimum atomic E-state index is 0.587. The first kappa shape index (κ1) is 7.99. The summed E-state index contributed by atoms with van der Waals surface area (Å²) in [7, 11) is 0. The SMILES string of the molecule is CCc1cc(Cl)nc(C2CC2)n1. The standard InChI is InChI=1S/C9H11ClN2/c1-2-7-5-8(10)12-9(11-7)6-3-4-6/h5-6H,2-4H2,1H3. The van der Waals surface area contributed by atoms with E-state index in [0.29, 0.717) is 11.1 Å². The maximum Gasteiger partial charge on any atom is 0.133 e. The maximum atomic E-state index is 5.85. The van der Waals surface area contributed by atoms with Gasteiger partial charge in [-0.25, -0.2) is 9.97 Å². The summed E-state index contributed by atoms with van der Waals surface area (Å²) in [5.41, 5.74) is 1.05. The van der Waals surface area contributed by atoms with Gasteiger partial charge in [-0.1, -0.05) is 18.5 Å². The lowest BCUT2D eigenvalue weighted by Gasteiger charge is -2.00. The van der Waals surface area contributed by atoms with E-state index in [0.717, 1.165) is 17.9 Å². The largest absolute Gasteiger partial charge is 0.238 e. The third-order valence-electron chi connectivity index (χ3n) is 2.07. The van der Waals surface area contributed by atoms with E-state index in [4.69, 9.17) is 11.6 Å². The molecule has 0 aliphatic heterocycles. The van der Waals surface area contributed by atoms with Crippen molar-refractivity contribution in [3.8, 4) is 0 Å². The van der Waals surface area contributed by atoms with Crippen LogP contribution in [0.1, 0.15) is 37.2 Å². The van der Waals surface area contributed by atoms with E-state index in [-0.39, 0.29) is 0 Å². The van der Waals surface area contributed by atoms with E-state index in [9.17, 15) is 0 Å². The Labute approximate surface area is 77.0 Å². The van der Waals surface area contributed by atoms with Crippen molar-refractivity contribution in [2.24, 2.45) is 0 Å². The molecule has 1 fully saturated rings. The van der Waals surface area contributed by atoms with Gasteiger partial charge in [0, 0.05) is 11.6 Å². The van der Waals surface area contributed by atoms with Gasteiger partial charge in [-0.3, -0.25) is 0 Å². The van der Waals surface area contributed by atoms with E-state index in [1.165, 1.54) is 12.8 Å². The zero-order valence-electron chi connectivity index (χ0n) is 7.05. The van der Waals surface area contributed by atoms with Crippen LogP contribution in [0.4, 0.5) is 0 Å². The molecule has 0 N–H and O–H groups in total. The fourth-order valence-electron chi connectivity index (χ4n) is 1.19. The van der Waals surface area contributed by atoms with Gasteiger partial charge >= 0.3 is 0 Å². The van der Waals surface area contributed by atoms with Gasteiger partial charge in [0.15, 0.2) is 0 Å². The minimum absolute atomic E-state index is 0.587. The predicted molar refractivity (Wildman–Crippen MR) is 48.4 cm³/mol. The molecule has 2 rings (SSSR count). The Morgan fingerprint density at radius 3 is 2.83 bits per heavy atom. The summed E-state index contributed by atoms with van der Waals surface area (Å²) in [6, 6.07) is 1.84. The summed E-state index contributed by atoms with van der Waals surface area (Å²) in [5, 5.41) is 0.587. The Balaban J connectivity index is 2.34. The van der Waals surface area contributed by atoms with Crippen LogP contribution in [0, 0.1) is 0 Å². The average Bonchev–Trinajstić information content (AvgIpc) is 2.85. The molecule has 0 atom stereocenters. The predicted octanol–water partition coefficient (Wildman–Crippen LogP) is 2.57. The number of hydrogen-bond acceptors (Lipinski definition) is 2. The summed E-state index contributed by atoms with van der Waals surface area (Å²) in [4.78, 5) is 8.62. The van der Waals surface area contributed by atoms with Crippen molar-refractivity contribution in [3.63, 3.8) is 0 Å². The highest BCUT2D eigenvalue weighted by Gasteiger charge is 2.26. The summed E-state index contributed by atoms with van der Waals surface area (Å²) in [6.45, 7) is 2.08. The van der Waals surface area contributed by atoms with Crippen molar-refractivity contribution in [2.45, 2.75) is 32.1 Å². The Morgan fingerprint density at radius 2 is 2.25 bits per heavy atom. The fraction of sp³-hybridized carbons (Fsp3) is 0.556. The molecular weight excluding hydrogens is 172 g/mol. The molecule has 0 amide bonds. The van der Waals surface area contributed by atoms with Crippen LogP contribution >= 0.6 is 11.6 Å². The Kier molecular flexibility index (Phi) is 2.01. The zero-order valence-corrected chi connectivity index (χ0v) is 7.80. The second kappa shape index (κ2) is 3.02. The van der Waals surface area contributed by atoms with Crippen LogP contribution in [-0.2, 0) is 6.42 Å². The van der Waals surface area contributed by atoms with E-state index < -0.39 is 0 Å². The van der Waals surface area contributed by atoms with Gasteiger partial charge in [0.05, 0.1) is 0 Å². The van der Waals surface area contributed by atoms with E-state index >= 15 is 0 Å². The summed E-state index contributed by atoms with van der Waals surface area (Å²) < 4.78 is 0. The van der Waals surface area contributed by atoms with Crippen LogP contribution in [0.5, 0.6) is 0 Å². The van der Waals surface area contributed by atoms with Gasteiger partial charge in [-0.2, -0.15) is 0 Å². The van der Waals surface area contributed by atoms with Crippen molar-refractivity contribution in [1.82, 2.24) is 9.97 Å². The molecule has 0 aromatic carbocycles. The molecule has 64 valence electrons. The van der Waals surface area contributed by atoms with Gasteiger partial charge in [-0.05, 0) is 25.3 Å². The van der Waals surface area contributed by atoms with Crippen LogP contribution in [0.15, 0.2) is 6.07 Å². The molecule has 1 aliphatic rings. The molecule has 0 bridgehead atoms. The van der Waals surface area contributed by atoms with Crippen molar-refractivity contribution in [1.29, 1.82) is 0 Å². The second-order valence-corrected chi connectivity index (χ2v) is 3.56. The fourth-order valence-corrected chi connectivity index (χ4v) is 1.40. The first-order valence-electron chi connectivity index (χ1n) is 4.33. The highest BCUT2D eigenvalue weighted by Crippen LogP contribution is 2.38. The van der Waals surface area contributed by atoms with Crippen LogP contribution in [0.2, 0.25) is 5.15 Å². The number of aromatic nitrogens is 2. The van der Waals surface area contributed by atoms with Gasteiger partial charge < -0.3 is 0 Å². The van der Waals surface area contributed by atoms with Gasteiger partial charge in [0.25, 0.3) is 0 Å².